The lowest BCUT2D eigenvalue weighted by Gasteiger charge is -2.11. The number of amides is 2. The lowest BCUT2D eigenvalue weighted by Crippen LogP contribution is -2.32. The summed E-state index contributed by atoms with van der Waals surface area (Å²) in [6.07, 6.45) is 0. The van der Waals surface area contributed by atoms with Crippen LogP contribution in [-0.2, 0) is 4.79 Å². The van der Waals surface area contributed by atoms with Crippen molar-refractivity contribution in [3.63, 3.8) is 0 Å². The number of hydrogen-bond donors (Lipinski definition) is 2. The molecule has 1 unspecified atom stereocenters. The minimum Gasteiger partial charge on any atom is -0.480 e. The zero-order chi connectivity index (χ0) is 12.4. The number of carbonyl (C=O) groups is 2. The van der Waals surface area contributed by atoms with E-state index >= 15 is 0 Å². The summed E-state index contributed by atoms with van der Waals surface area (Å²) in [5.74, 6) is -1.45. The second kappa shape index (κ2) is 4.40. The fourth-order valence-electron chi connectivity index (χ4n) is 1.80. The molecule has 0 saturated carbocycles. The number of urea groups is 1. The van der Waals surface area contributed by atoms with Gasteiger partial charge < -0.3 is 15.3 Å². The zero-order valence-corrected chi connectivity index (χ0v) is 8.89. The molecule has 0 bridgehead atoms. The molecule has 1 aliphatic rings. The van der Waals surface area contributed by atoms with Gasteiger partial charge in [0.2, 0.25) is 0 Å². The van der Waals surface area contributed by atoms with Crippen molar-refractivity contribution in [2.75, 3.05) is 13.1 Å². The molecule has 90 valence electrons. The van der Waals surface area contributed by atoms with Crippen LogP contribution >= 0.6 is 0 Å². The molecule has 0 aromatic heterocycles. The molecule has 6 heteroatoms. The number of hydrogen-bond acceptors (Lipinski definition) is 2. The summed E-state index contributed by atoms with van der Waals surface area (Å²) in [7, 11) is 0. The summed E-state index contributed by atoms with van der Waals surface area (Å²) in [6, 6.07) is 5.08. The molecule has 1 heterocycles. The van der Waals surface area contributed by atoms with Gasteiger partial charge in [-0.2, -0.15) is 0 Å². The Labute approximate surface area is 96.8 Å². The summed E-state index contributed by atoms with van der Waals surface area (Å²) in [4.78, 5) is 23.1. The SMILES string of the molecule is O=C(O)CN1CC(c2cccc(F)c2)NC1=O. The molecule has 1 aliphatic heterocycles. The first-order chi connectivity index (χ1) is 8.06. The van der Waals surface area contributed by atoms with E-state index in [0.29, 0.717) is 5.56 Å². The third-order valence-corrected chi connectivity index (χ3v) is 2.57. The van der Waals surface area contributed by atoms with Crippen LogP contribution < -0.4 is 5.32 Å². The first kappa shape index (κ1) is 11.4. The smallest absolute Gasteiger partial charge is 0.323 e. The van der Waals surface area contributed by atoms with Gasteiger partial charge in [-0.05, 0) is 17.7 Å². The standard InChI is InChI=1S/C11H11FN2O3/c12-8-3-1-2-7(4-8)9-5-14(6-10(15)16)11(17)13-9/h1-4,9H,5-6H2,(H,13,17)(H,15,16). The summed E-state index contributed by atoms with van der Waals surface area (Å²) in [5, 5.41) is 11.2. The Bertz CT molecular complexity index is 464. The summed E-state index contributed by atoms with van der Waals surface area (Å²) < 4.78 is 13.0. The van der Waals surface area contributed by atoms with E-state index in [2.05, 4.69) is 5.32 Å². The average Bonchev–Trinajstić information content (AvgIpc) is 2.59. The van der Waals surface area contributed by atoms with Gasteiger partial charge in [0.1, 0.15) is 12.4 Å². The molecule has 0 radical (unpaired) electrons. The van der Waals surface area contributed by atoms with Gasteiger partial charge in [0.15, 0.2) is 0 Å². The Morgan fingerprint density at radius 3 is 3.00 bits per heavy atom. The molecular formula is C11H11FN2O3. The van der Waals surface area contributed by atoms with Gasteiger partial charge in [-0.15, -0.1) is 0 Å². The Hall–Kier alpha value is -2.11. The van der Waals surface area contributed by atoms with Crippen molar-refractivity contribution in [1.29, 1.82) is 0 Å². The predicted octanol–water partition coefficient (Wildman–Crippen LogP) is 0.977. The van der Waals surface area contributed by atoms with Gasteiger partial charge in [-0.3, -0.25) is 4.79 Å². The van der Waals surface area contributed by atoms with Crippen molar-refractivity contribution in [2.45, 2.75) is 6.04 Å². The highest BCUT2D eigenvalue weighted by Crippen LogP contribution is 2.20. The van der Waals surface area contributed by atoms with Crippen LogP contribution in [0.4, 0.5) is 9.18 Å². The topological polar surface area (TPSA) is 69.6 Å². The van der Waals surface area contributed by atoms with Crippen LogP contribution in [0, 0.1) is 5.82 Å². The summed E-state index contributed by atoms with van der Waals surface area (Å²) in [6.45, 7) is -0.119. The molecule has 5 nitrogen and oxygen atoms in total. The number of nitrogens with zero attached hydrogens (tertiary/aromatic N) is 1. The number of nitrogens with one attached hydrogen (secondary N) is 1. The van der Waals surface area contributed by atoms with E-state index in [1.165, 1.54) is 17.0 Å². The molecule has 1 fully saturated rings. The van der Waals surface area contributed by atoms with E-state index in [1.807, 2.05) is 0 Å². The maximum Gasteiger partial charge on any atom is 0.323 e. The number of carbonyl (C=O) groups excluding carboxylic acids is 1. The van der Waals surface area contributed by atoms with Crippen LogP contribution in [0.1, 0.15) is 11.6 Å². The van der Waals surface area contributed by atoms with Crippen molar-refractivity contribution in [1.82, 2.24) is 10.2 Å². The van der Waals surface area contributed by atoms with Gasteiger partial charge in [-0.25, -0.2) is 9.18 Å². The van der Waals surface area contributed by atoms with Gasteiger partial charge in [0.05, 0.1) is 6.04 Å². The van der Waals surface area contributed by atoms with Crippen LogP contribution in [0.25, 0.3) is 0 Å². The highest BCUT2D eigenvalue weighted by Gasteiger charge is 2.30. The lowest BCUT2D eigenvalue weighted by atomic mass is 10.1. The first-order valence-corrected chi connectivity index (χ1v) is 5.09. The largest absolute Gasteiger partial charge is 0.480 e. The van der Waals surface area contributed by atoms with Crippen LogP contribution in [-0.4, -0.2) is 35.1 Å². The molecule has 0 aliphatic carbocycles. The van der Waals surface area contributed by atoms with Gasteiger partial charge in [0.25, 0.3) is 0 Å². The Balaban J connectivity index is 2.11. The Kier molecular flexibility index (Phi) is 2.95. The molecule has 2 rings (SSSR count). The molecule has 1 aromatic rings. The van der Waals surface area contributed by atoms with Gasteiger partial charge in [0, 0.05) is 6.54 Å². The molecular weight excluding hydrogens is 227 g/mol. The van der Waals surface area contributed by atoms with E-state index < -0.39 is 12.0 Å². The number of rotatable bonds is 3. The molecule has 2 N–H and O–H groups in total. The maximum absolute atomic E-state index is 13.0. The van der Waals surface area contributed by atoms with Crippen LogP contribution in [0.5, 0.6) is 0 Å². The van der Waals surface area contributed by atoms with Crippen LogP contribution in [0.2, 0.25) is 0 Å². The fourth-order valence-corrected chi connectivity index (χ4v) is 1.80. The number of carboxylic acids is 1. The van der Waals surface area contributed by atoms with Gasteiger partial charge >= 0.3 is 12.0 Å². The van der Waals surface area contributed by atoms with Crippen molar-refractivity contribution in [2.24, 2.45) is 0 Å². The van der Waals surface area contributed by atoms with E-state index in [4.69, 9.17) is 5.11 Å². The monoisotopic (exact) mass is 238 g/mol. The minimum absolute atomic E-state index is 0.231. The second-order valence-electron chi connectivity index (χ2n) is 3.83. The summed E-state index contributed by atoms with van der Waals surface area (Å²) >= 11 is 0. The first-order valence-electron chi connectivity index (χ1n) is 5.09. The van der Waals surface area contributed by atoms with E-state index in [9.17, 15) is 14.0 Å². The molecule has 1 saturated heterocycles. The van der Waals surface area contributed by atoms with Crippen molar-refractivity contribution in [3.8, 4) is 0 Å². The third kappa shape index (κ3) is 2.52. The Morgan fingerprint density at radius 1 is 1.59 bits per heavy atom. The number of carboxylic acid groups (broad SMARTS) is 1. The van der Waals surface area contributed by atoms with Crippen molar-refractivity contribution < 1.29 is 19.1 Å². The number of benzene rings is 1. The molecule has 1 atom stereocenters. The minimum atomic E-state index is -1.07. The normalized spacial score (nSPS) is 19.2. The third-order valence-electron chi connectivity index (χ3n) is 2.57. The predicted molar refractivity (Wildman–Crippen MR) is 56.9 cm³/mol. The maximum atomic E-state index is 13.0. The second-order valence-corrected chi connectivity index (χ2v) is 3.83. The van der Waals surface area contributed by atoms with Gasteiger partial charge in [-0.1, -0.05) is 12.1 Å². The average molecular weight is 238 g/mol. The quantitative estimate of drug-likeness (QED) is 0.824. The van der Waals surface area contributed by atoms with E-state index in [-0.39, 0.29) is 24.9 Å². The van der Waals surface area contributed by atoms with Crippen molar-refractivity contribution in [3.05, 3.63) is 35.6 Å². The Morgan fingerprint density at radius 2 is 2.35 bits per heavy atom. The summed E-state index contributed by atoms with van der Waals surface area (Å²) in [5.41, 5.74) is 0.631. The molecule has 0 spiro atoms. The number of aliphatic carboxylic acids is 1. The zero-order valence-electron chi connectivity index (χ0n) is 8.89. The lowest BCUT2D eigenvalue weighted by molar-refractivity contribution is -0.137. The van der Waals surface area contributed by atoms with E-state index in [0.717, 1.165) is 0 Å². The highest BCUT2D eigenvalue weighted by atomic mass is 19.1. The molecule has 1 aromatic carbocycles. The van der Waals surface area contributed by atoms with Crippen molar-refractivity contribution >= 4 is 12.0 Å². The van der Waals surface area contributed by atoms with Crippen LogP contribution in [0.15, 0.2) is 24.3 Å². The van der Waals surface area contributed by atoms with Crippen LogP contribution in [0.3, 0.4) is 0 Å². The molecule has 17 heavy (non-hydrogen) atoms. The van der Waals surface area contributed by atoms with E-state index in [1.54, 1.807) is 12.1 Å². The molecule has 2 amide bonds. The number of halogens is 1. The highest BCUT2D eigenvalue weighted by molar-refractivity contribution is 5.82. The fraction of sp³-hybridized carbons (Fsp3) is 0.273.